The van der Waals surface area contributed by atoms with Crippen molar-refractivity contribution >= 4 is 11.2 Å². The van der Waals surface area contributed by atoms with Gasteiger partial charge in [-0.3, -0.25) is 0 Å². The third-order valence-electron chi connectivity index (χ3n) is 3.56. The van der Waals surface area contributed by atoms with Crippen LogP contribution in [0.3, 0.4) is 0 Å². The van der Waals surface area contributed by atoms with Gasteiger partial charge in [0.15, 0.2) is 5.65 Å². The fraction of sp³-hybridized carbons (Fsp3) is 0.294. The van der Waals surface area contributed by atoms with E-state index in [0.29, 0.717) is 37.7 Å². The zero-order valence-electron chi connectivity index (χ0n) is 13.0. The minimum absolute atomic E-state index is 0.302. The van der Waals surface area contributed by atoms with E-state index in [9.17, 15) is 4.39 Å². The second-order valence-electron chi connectivity index (χ2n) is 5.32. The lowest BCUT2D eigenvalue weighted by Gasteiger charge is -2.09. The van der Waals surface area contributed by atoms with Gasteiger partial charge in [-0.2, -0.15) is 0 Å². The number of nitrogens with zero attached hydrogens (tertiary/aromatic N) is 3. The SMILES string of the molecule is Cc1cnc2c(c1)nc(-c1ccccc1F)n2CCOCCN. The van der Waals surface area contributed by atoms with Crippen LogP contribution in [0.15, 0.2) is 36.5 Å². The first-order valence-electron chi connectivity index (χ1n) is 7.56. The number of aromatic nitrogens is 3. The Morgan fingerprint density at radius 1 is 1.26 bits per heavy atom. The van der Waals surface area contributed by atoms with Crippen molar-refractivity contribution in [3.8, 4) is 11.4 Å². The highest BCUT2D eigenvalue weighted by Crippen LogP contribution is 2.26. The number of benzene rings is 1. The zero-order valence-corrected chi connectivity index (χ0v) is 13.0. The third-order valence-corrected chi connectivity index (χ3v) is 3.56. The average Bonchev–Trinajstić information content (AvgIpc) is 2.89. The molecule has 0 amide bonds. The van der Waals surface area contributed by atoms with Gasteiger partial charge in [0.2, 0.25) is 0 Å². The van der Waals surface area contributed by atoms with Crippen LogP contribution in [0.4, 0.5) is 4.39 Å². The van der Waals surface area contributed by atoms with Crippen LogP contribution in [0.1, 0.15) is 5.56 Å². The van der Waals surface area contributed by atoms with Crippen molar-refractivity contribution in [3.63, 3.8) is 0 Å². The molecule has 0 atom stereocenters. The number of imidazole rings is 1. The van der Waals surface area contributed by atoms with Crippen LogP contribution in [0.5, 0.6) is 0 Å². The van der Waals surface area contributed by atoms with Gasteiger partial charge in [0.1, 0.15) is 17.2 Å². The second kappa shape index (κ2) is 6.85. The smallest absolute Gasteiger partial charge is 0.160 e. The van der Waals surface area contributed by atoms with E-state index in [-0.39, 0.29) is 5.82 Å². The molecule has 2 aromatic heterocycles. The fourth-order valence-electron chi connectivity index (χ4n) is 2.51. The number of nitrogens with two attached hydrogens (primary N) is 1. The van der Waals surface area contributed by atoms with Crippen LogP contribution < -0.4 is 5.73 Å². The number of rotatable bonds is 6. The zero-order chi connectivity index (χ0) is 16.2. The van der Waals surface area contributed by atoms with E-state index in [1.165, 1.54) is 6.07 Å². The summed E-state index contributed by atoms with van der Waals surface area (Å²) >= 11 is 0. The topological polar surface area (TPSA) is 66.0 Å². The van der Waals surface area contributed by atoms with Crippen molar-refractivity contribution in [1.82, 2.24) is 14.5 Å². The predicted molar refractivity (Wildman–Crippen MR) is 87.5 cm³/mol. The molecule has 6 heteroatoms. The molecule has 5 nitrogen and oxygen atoms in total. The number of pyridine rings is 1. The van der Waals surface area contributed by atoms with Gasteiger partial charge >= 0.3 is 0 Å². The molecule has 0 aliphatic rings. The van der Waals surface area contributed by atoms with Crippen LogP contribution >= 0.6 is 0 Å². The summed E-state index contributed by atoms with van der Waals surface area (Å²) in [5, 5.41) is 0. The van der Waals surface area contributed by atoms with E-state index in [1.54, 1.807) is 24.4 Å². The number of halogens is 1. The van der Waals surface area contributed by atoms with Crippen molar-refractivity contribution in [1.29, 1.82) is 0 Å². The molecule has 3 aromatic rings. The van der Waals surface area contributed by atoms with Gasteiger partial charge in [-0.1, -0.05) is 12.1 Å². The van der Waals surface area contributed by atoms with E-state index in [1.807, 2.05) is 17.6 Å². The van der Waals surface area contributed by atoms with E-state index < -0.39 is 0 Å². The molecule has 0 radical (unpaired) electrons. The van der Waals surface area contributed by atoms with Gasteiger partial charge in [0.25, 0.3) is 0 Å². The molecule has 23 heavy (non-hydrogen) atoms. The monoisotopic (exact) mass is 314 g/mol. The predicted octanol–water partition coefficient (Wildman–Crippen LogP) is 2.52. The maximum absolute atomic E-state index is 14.2. The van der Waals surface area contributed by atoms with Crippen LogP contribution in [-0.4, -0.2) is 34.3 Å². The van der Waals surface area contributed by atoms with E-state index >= 15 is 0 Å². The Balaban J connectivity index is 2.06. The summed E-state index contributed by atoms with van der Waals surface area (Å²) in [6, 6.07) is 8.57. The van der Waals surface area contributed by atoms with Crippen LogP contribution in [0.2, 0.25) is 0 Å². The summed E-state index contributed by atoms with van der Waals surface area (Å²) in [5.74, 6) is 0.260. The first kappa shape index (κ1) is 15.6. The largest absolute Gasteiger partial charge is 0.378 e. The Morgan fingerprint density at radius 2 is 2.09 bits per heavy atom. The molecule has 0 unspecified atom stereocenters. The standard InChI is InChI=1S/C17H19FN4O/c1-12-10-15-17(20-11-12)22(7-9-23-8-6-19)16(21-15)13-4-2-3-5-14(13)18/h2-5,10-11H,6-9,19H2,1H3. The van der Waals surface area contributed by atoms with Gasteiger partial charge in [-0.25, -0.2) is 14.4 Å². The third kappa shape index (κ3) is 3.23. The average molecular weight is 314 g/mol. The molecule has 0 spiro atoms. The molecule has 2 heterocycles. The van der Waals surface area contributed by atoms with Crippen molar-refractivity contribution in [2.45, 2.75) is 13.5 Å². The maximum Gasteiger partial charge on any atom is 0.160 e. The number of fused-ring (bicyclic) bond motifs is 1. The molecule has 1 aromatic carbocycles. The lowest BCUT2D eigenvalue weighted by Crippen LogP contribution is -2.13. The Labute approximate surface area is 133 Å². The molecule has 0 aliphatic carbocycles. The highest BCUT2D eigenvalue weighted by Gasteiger charge is 2.16. The van der Waals surface area contributed by atoms with Crippen molar-refractivity contribution in [3.05, 3.63) is 47.9 Å². The lowest BCUT2D eigenvalue weighted by atomic mass is 10.2. The van der Waals surface area contributed by atoms with Crippen LogP contribution in [-0.2, 0) is 11.3 Å². The summed E-state index contributed by atoms with van der Waals surface area (Å²) in [4.78, 5) is 9.04. The number of hydrogen-bond acceptors (Lipinski definition) is 4. The molecule has 0 saturated heterocycles. The van der Waals surface area contributed by atoms with Crippen molar-refractivity contribution < 1.29 is 9.13 Å². The number of aryl methyl sites for hydroxylation is 1. The Kier molecular flexibility index (Phi) is 4.64. The molecular weight excluding hydrogens is 295 g/mol. The van der Waals surface area contributed by atoms with E-state index in [2.05, 4.69) is 9.97 Å². The van der Waals surface area contributed by atoms with E-state index in [0.717, 1.165) is 16.7 Å². The summed E-state index contributed by atoms with van der Waals surface area (Å²) in [7, 11) is 0. The van der Waals surface area contributed by atoms with Crippen molar-refractivity contribution in [2.24, 2.45) is 5.73 Å². The van der Waals surface area contributed by atoms with Crippen LogP contribution in [0.25, 0.3) is 22.6 Å². The molecule has 0 bridgehead atoms. The van der Waals surface area contributed by atoms with E-state index in [4.69, 9.17) is 10.5 Å². The number of ether oxygens (including phenoxy) is 1. The highest BCUT2D eigenvalue weighted by atomic mass is 19.1. The minimum Gasteiger partial charge on any atom is -0.378 e. The summed E-state index contributed by atoms with van der Waals surface area (Å²) in [5.41, 5.74) is 8.38. The molecule has 3 rings (SSSR count). The maximum atomic E-state index is 14.2. The van der Waals surface area contributed by atoms with Gasteiger partial charge in [-0.05, 0) is 30.7 Å². The summed E-state index contributed by atoms with van der Waals surface area (Å²) < 4.78 is 21.5. The Morgan fingerprint density at radius 3 is 2.87 bits per heavy atom. The number of hydrogen-bond donors (Lipinski definition) is 1. The first-order valence-corrected chi connectivity index (χ1v) is 7.56. The lowest BCUT2D eigenvalue weighted by molar-refractivity contribution is 0.134. The molecule has 0 fully saturated rings. The normalized spacial score (nSPS) is 11.3. The Hall–Kier alpha value is -2.31. The highest BCUT2D eigenvalue weighted by molar-refractivity contribution is 5.77. The summed E-state index contributed by atoms with van der Waals surface area (Å²) in [6.45, 7) is 3.94. The van der Waals surface area contributed by atoms with Gasteiger partial charge in [0, 0.05) is 19.3 Å². The molecular formula is C17H19FN4O. The minimum atomic E-state index is -0.302. The molecule has 0 saturated carbocycles. The van der Waals surface area contributed by atoms with Gasteiger partial charge in [-0.15, -0.1) is 0 Å². The van der Waals surface area contributed by atoms with Gasteiger partial charge < -0.3 is 15.0 Å². The molecule has 2 N–H and O–H groups in total. The summed E-state index contributed by atoms with van der Waals surface area (Å²) in [6.07, 6.45) is 1.78. The van der Waals surface area contributed by atoms with Crippen LogP contribution in [0, 0.1) is 12.7 Å². The quantitative estimate of drug-likeness (QED) is 0.710. The van der Waals surface area contributed by atoms with Gasteiger partial charge in [0.05, 0.1) is 18.8 Å². The Bertz CT molecular complexity index is 815. The molecule has 120 valence electrons. The second-order valence-corrected chi connectivity index (χ2v) is 5.32. The first-order chi connectivity index (χ1) is 11.2. The molecule has 0 aliphatic heterocycles. The fourth-order valence-corrected chi connectivity index (χ4v) is 2.51. The van der Waals surface area contributed by atoms with Crippen molar-refractivity contribution in [2.75, 3.05) is 19.8 Å².